The molecular formula is C22H32Cl2Ti. The van der Waals surface area contributed by atoms with Crippen LogP contribution in [-0.4, -0.2) is 0 Å². The van der Waals surface area contributed by atoms with Crippen molar-refractivity contribution in [3.63, 3.8) is 0 Å². The van der Waals surface area contributed by atoms with Crippen molar-refractivity contribution in [3.8, 4) is 0 Å². The van der Waals surface area contributed by atoms with Gasteiger partial charge in [0.05, 0.1) is 0 Å². The molecule has 0 spiro atoms. The number of hydrogen-bond acceptors (Lipinski definition) is 0. The summed E-state index contributed by atoms with van der Waals surface area (Å²) in [5.74, 6) is 1.21. The molecule has 2 rings (SSSR count). The molecule has 3 heteroatoms. The Balaban J connectivity index is 0.00000288. The van der Waals surface area contributed by atoms with E-state index in [0.29, 0.717) is 11.8 Å². The van der Waals surface area contributed by atoms with E-state index in [1.807, 2.05) is 0 Å². The molecule has 0 fully saturated rings. The van der Waals surface area contributed by atoms with Crippen LogP contribution in [0.3, 0.4) is 0 Å². The van der Waals surface area contributed by atoms with Crippen molar-refractivity contribution < 1.29 is 44.0 Å². The third-order valence-electron chi connectivity index (χ3n) is 5.69. The molecule has 0 unspecified atom stereocenters. The molecule has 1 aromatic rings. The van der Waals surface area contributed by atoms with E-state index < -0.39 is 0 Å². The van der Waals surface area contributed by atoms with Crippen LogP contribution in [0.5, 0.6) is 0 Å². The molecule has 0 atom stereocenters. The van der Waals surface area contributed by atoms with Crippen molar-refractivity contribution in [2.45, 2.75) is 74.1 Å². The van der Waals surface area contributed by atoms with Crippen molar-refractivity contribution in [1.29, 1.82) is 0 Å². The van der Waals surface area contributed by atoms with Crippen LogP contribution in [0.1, 0.15) is 85.3 Å². The minimum absolute atomic E-state index is 0. The van der Waals surface area contributed by atoms with Crippen LogP contribution in [0.2, 0.25) is 0 Å². The summed E-state index contributed by atoms with van der Waals surface area (Å²) in [7, 11) is 0. The van der Waals surface area contributed by atoms with Gasteiger partial charge in [-0.3, -0.25) is 0 Å². The van der Waals surface area contributed by atoms with E-state index in [-0.39, 0.29) is 49.4 Å². The van der Waals surface area contributed by atoms with Crippen molar-refractivity contribution in [1.82, 2.24) is 0 Å². The first-order chi connectivity index (χ1) is 10.6. The van der Waals surface area contributed by atoms with Gasteiger partial charge in [-0.15, -0.1) is 0 Å². The first kappa shape index (κ1) is 25.0. The molecule has 0 heterocycles. The summed E-state index contributed by atoms with van der Waals surface area (Å²) in [6.07, 6.45) is 0. The Labute approximate surface area is 176 Å². The normalized spacial score (nSPS) is 16.1. The van der Waals surface area contributed by atoms with Gasteiger partial charge in [0.2, 0.25) is 0 Å². The molecule has 1 aromatic carbocycles. The van der Waals surface area contributed by atoms with Gasteiger partial charge in [0.15, 0.2) is 0 Å². The third kappa shape index (κ3) is 4.64. The van der Waals surface area contributed by atoms with Crippen LogP contribution in [0, 0.1) is 5.41 Å². The van der Waals surface area contributed by atoms with Crippen molar-refractivity contribution in [2.75, 3.05) is 0 Å². The second kappa shape index (κ2) is 9.27. The second-order valence-electron chi connectivity index (χ2n) is 8.12. The number of halogens is 2. The molecule has 0 saturated heterocycles. The van der Waals surface area contributed by atoms with E-state index >= 15 is 0 Å². The summed E-state index contributed by atoms with van der Waals surface area (Å²) in [6.45, 7) is 21.2. The Morgan fingerprint density at radius 1 is 0.800 bits per heavy atom. The molecule has 25 heavy (non-hydrogen) atoms. The van der Waals surface area contributed by atoms with Crippen LogP contribution < -0.4 is 28.7 Å². The van der Waals surface area contributed by atoms with Crippen LogP contribution in [-0.2, 0) is 19.2 Å². The maximum Gasteiger partial charge on any atom is -1.00 e. The molecule has 1 aliphatic rings. The summed E-state index contributed by atoms with van der Waals surface area (Å²) >= 11 is -0.301. The Morgan fingerprint density at radius 3 is 1.56 bits per heavy atom. The minimum Gasteiger partial charge on any atom is -1.00 e. The predicted octanol–water partition coefficient (Wildman–Crippen LogP) is 0.299. The quantitative estimate of drug-likeness (QED) is 0.621. The van der Waals surface area contributed by atoms with Gasteiger partial charge < -0.3 is 24.8 Å². The monoisotopic (exact) mass is 414 g/mol. The van der Waals surface area contributed by atoms with E-state index in [4.69, 9.17) is 0 Å². The zero-order valence-electron chi connectivity index (χ0n) is 17.1. The smallest absolute Gasteiger partial charge is 1.00 e. The number of benzene rings is 1. The second-order valence-corrected chi connectivity index (χ2v) is 10.1. The van der Waals surface area contributed by atoms with Crippen molar-refractivity contribution in [3.05, 3.63) is 49.9 Å². The summed E-state index contributed by atoms with van der Waals surface area (Å²) in [5.41, 5.74) is 8.07. The van der Waals surface area contributed by atoms with E-state index in [2.05, 4.69) is 80.5 Å². The number of rotatable bonds is 4. The SMILES string of the molecule is CC1=C(C)C(C)(C)[C]([Ti+2][c]2c(C(C)C)cccc2C(C)C)=C1C.[Cl-].[Cl-]. The van der Waals surface area contributed by atoms with Gasteiger partial charge in [0.25, 0.3) is 0 Å². The van der Waals surface area contributed by atoms with Gasteiger partial charge in [-0.2, -0.15) is 0 Å². The molecule has 0 radical (unpaired) electrons. The van der Waals surface area contributed by atoms with Gasteiger partial charge >= 0.3 is 153 Å². The molecular weight excluding hydrogens is 383 g/mol. The molecule has 0 saturated carbocycles. The van der Waals surface area contributed by atoms with Gasteiger partial charge in [-0.05, 0) is 0 Å². The Kier molecular flexibility index (Phi) is 9.27. The van der Waals surface area contributed by atoms with E-state index in [1.54, 1.807) is 30.0 Å². The molecule has 1 aliphatic carbocycles. The molecule has 0 nitrogen and oxygen atoms in total. The summed E-state index contributed by atoms with van der Waals surface area (Å²) in [4.78, 5) is 0. The summed E-state index contributed by atoms with van der Waals surface area (Å²) < 4.78 is 3.44. The van der Waals surface area contributed by atoms with Gasteiger partial charge in [0.1, 0.15) is 0 Å². The topological polar surface area (TPSA) is 0 Å². The molecule has 0 amide bonds. The van der Waals surface area contributed by atoms with Gasteiger partial charge in [-0.25, -0.2) is 0 Å². The average Bonchev–Trinajstić information content (AvgIpc) is 2.61. The van der Waals surface area contributed by atoms with Crippen LogP contribution in [0.15, 0.2) is 38.8 Å². The maximum absolute atomic E-state index is 2.42. The van der Waals surface area contributed by atoms with E-state index in [0.717, 1.165) is 0 Å². The maximum atomic E-state index is 2.42. The van der Waals surface area contributed by atoms with Gasteiger partial charge in [-0.1, -0.05) is 0 Å². The summed E-state index contributed by atoms with van der Waals surface area (Å²) in [5, 5.41) is 0. The Bertz CT molecular complexity index is 653. The Morgan fingerprint density at radius 2 is 1.24 bits per heavy atom. The fraction of sp³-hybridized carbons (Fsp3) is 0.545. The standard InChI is InChI=1S/C12H17.C10H15.2ClH.Ti/c1-9(2)11-6-5-7-12(8-11)10(3)4;1-7-6-10(4,5)9(3)8(7)2;;;/h5-7,9-10H,1-4H3;1-5H3;2*1H;/q;;;;+2/p-2. The minimum atomic E-state index is -0.301. The Hall–Kier alpha value is -0.00571. The largest absolute Gasteiger partial charge is 1.00 e. The third-order valence-corrected chi connectivity index (χ3v) is 8.93. The van der Waals surface area contributed by atoms with Crippen molar-refractivity contribution in [2.24, 2.45) is 5.41 Å². The van der Waals surface area contributed by atoms with Crippen LogP contribution in [0.4, 0.5) is 0 Å². The first-order valence-electron chi connectivity index (χ1n) is 8.88. The fourth-order valence-electron chi connectivity index (χ4n) is 3.66. The van der Waals surface area contributed by atoms with Crippen LogP contribution in [0.25, 0.3) is 0 Å². The molecule has 0 bridgehead atoms. The number of hydrogen-bond donors (Lipinski definition) is 0. The summed E-state index contributed by atoms with van der Waals surface area (Å²) in [6, 6.07) is 6.98. The van der Waals surface area contributed by atoms with Gasteiger partial charge in [0, 0.05) is 0 Å². The van der Waals surface area contributed by atoms with E-state index in [9.17, 15) is 0 Å². The molecule has 138 valence electrons. The number of allylic oxidation sites excluding steroid dienone is 4. The van der Waals surface area contributed by atoms with Crippen LogP contribution >= 0.6 is 0 Å². The molecule has 0 aromatic heterocycles. The molecule has 0 aliphatic heterocycles. The van der Waals surface area contributed by atoms with Crippen molar-refractivity contribution >= 4 is 3.87 Å². The predicted molar refractivity (Wildman–Crippen MR) is 99.1 cm³/mol. The fourth-order valence-corrected chi connectivity index (χ4v) is 7.03. The first-order valence-corrected chi connectivity index (χ1v) is 10.4. The zero-order chi connectivity index (χ0) is 17.5. The zero-order valence-corrected chi connectivity index (χ0v) is 20.2. The average molecular weight is 415 g/mol. The molecule has 0 N–H and O–H groups in total. The van der Waals surface area contributed by atoms with E-state index in [1.165, 1.54) is 5.57 Å².